The second kappa shape index (κ2) is 5.39. The van der Waals surface area contributed by atoms with Gasteiger partial charge in [-0.1, -0.05) is 19.8 Å². The summed E-state index contributed by atoms with van der Waals surface area (Å²) in [5, 5.41) is 0. The second-order valence-electron chi connectivity index (χ2n) is 5.43. The Balaban J connectivity index is 1.88. The third-order valence-electron chi connectivity index (χ3n) is 4.30. The molecule has 1 amide bonds. The summed E-state index contributed by atoms with van der Waals surface area (Å²) >= 11 is 5.96. The van der Waals surface area contributed by atoms with Gasteiger partial charge in [-0.3, -0.25) is 4.79 Å². The number of hydrogen-bond acceptors (Lipinski definition) is 1. The highest BCUT2D eigenvalue weighted by Crippen LogP contribution is 2.31. The molecule has 2 unspecified atom stereocenters. The van der Waals surface area contributed by atoms with E-state index in [1.807, 2.05) is 4.90 Å². The Bertz CT molecular complexity index is 250. The van der Waals surface area contributed by atoms with Crippen molar-refractivity contribution < 1.29 is 4.79 Å². The van der Waals surface area contributed by atoms with Gasteiger partial charge in [0.1, 0.15) is 0 Å². The Morgan fingerprint density at radius 2 is 2.00 bits per heavy atom. The summed E-state index contributed by atoms with van der Waals surface area (Å²) < 4.78 is 0. The van der Waals surface area contributed by atoms with Gasteiger partial charge in [-0.2, -0.15) is 0 Å². The van der Waals surface area contributed by atoms with Crippen LogP contribution in [0.3, 0.4) is 0 Å². The minimum atomic E-state index is 0.288. The normalized spacial score (nSPS) is 31.2. The molecule has 16 heavy (non-hydrogen) atoms. The summed E-state index contributed by atoms with van der Waals surface area (Å²) in [5.41, 5.74) is 0. The number of carbonyl (C=O) groups excluding carboxylic acids is 1. The van der Waals surface area contributed by atoms with E-state index in [-0.39, 0.29) is 6.04 Å². The average Bonchev–Trinajstić information content (AvgIpc) is 2.87. The van der Waals surface area contributed by atoms with Crippen molar-refractivity contribution in [2.24, 2.45) is 11.8 Å². The van der Waals surface area contributed by atoms with E-state index in [1.54, 1.807) is 0 Å². The maximum Gasteiger partial charge on any atom is 0.223 e. The largest absolute Gasteiger partial charge is 0.338 e. The van der Waals surface area contributed by atoms with Crippen molar-refractivity contribution >= 4 is 17.5 Å². The van der Waals surface area contributed by atoms with Crippen molar-refractivity contribution in [3.05, 3.63) is 0 Å². The van der Waals surface area contributed by atoms with E-state index in [0.29, 0.717) is 23.6 Å². The van der Waals surface area contributed by atoms with Crippen molar-refractivity contribution in [2.45, 2.75) is 51.5 Å². The number of hydrogen-bond donors (Lipinski definition) is 0. The van der Waals surface area contributed by atoms with Crippen LogP contribution in [0.4, 0.5) is 0 Å². The molecule has 1 saturated carbocycles. The summed E-state index contributed by atoms with van der Waals surface area (Å²) in [6.45, 7) is 3.13. The lowest BCUT2D eigenvalue weighted by Gasteiger charge is -2.26. The Kier molecular flexibility index (Phi) is 4.12. The molecule has 2 atom stereocenters. The first-order chi connectivity index (χ1) is 7.72. The molecule has 1 aliphatic heterocycles. The van der Waals surface area contributed by atoms with Gasteiger partial charge in [0.2, 0.25) is 5.91 Å². The summed E-state index contributed by atoms with van der Waals surface area (Å²) in [6.07, 6.45) is 7.01. The number of carbonyl (C=O) groups is 1. The molecule has 3 heteroatoms. The highest BCUT2D eigenvalue weighted by atomic mass is 35.5. The van der Waals surface area contributed by atoms with Gasteiger partial charge in [-0.15, -0.1) is 11.6 Å². The predicted octanol–water partition coefficient (Wildman–Crippen LogP) is 3.04. The fourth-order valence-corrected chi connectivity index (χ4v) is 3.60. The minimum Gasteiger partial charge on any atom is -0.338 e. The van der Waals surface area contributed by atoms with E-state index in [9.17, 15) is 4.79 Å². The standard InChI is InChI=1S/C13H22ClNO/c1-10-6-7-15(12(10)9-14)13(16)8-11-4-2-3-5-11/h10-12H,2-9H2,1H3. The zero-order valence-corrected chi connectivity index (χ0v) is 10.9. The molecule has 92 valence electrons. The number of alkyl halides is 1. The van der Waals surface area contributed by atoms with E-state index >= 15 is 0 Å². The number of amides is 1. The molecule has 1 heterocycles. The van der Waals surface area contributed by atoms with Crippen molar-refractivity contribution in [1.29, 1.82) is 0 Å². The Morgan fingerprint density at radius 3 is 2.62 bits per heavy atom. The lowest BCUT2D eigenvalue weighted by molar-refractivity contribution is -0.132. The molecule has 0 bridgehead atoms. The third-order valence-corrected chi connectivity index (χ3v) is 4.62. The molecule has 0 radical (unpaired) electrons. The van der Waals surface area contributed by atoms with Crippen LogP contribution in [0.1, 0.15) is 45.4 Å². The Hall–Kier alpha value is -0.240. The smallest absolute Gasteiger partial charge is 0.223 e. The summed E-state index contributed by atoms with van der Waals surface area (Å²) in [6, 6.07) is 0.288. The molecule has 2 rings (SSSR count). The highest BCUT2D eigenvalue weighted by molar-refractivity contribution is 6.18. The minimum absolute atomic E-state index is 0.288. The first-order valence-electron chi connectivity index (χ1n) is 6.57. The van der Waals surface area contributed by atoms with E-state index in [1.165, 1.54) is 25.7 Å². The van der Waals surface area contributed by atoms with Crippen molar-refractivity contribution in [3.63, 3.8) is 0 Å². The van der Waals surface area contributed by atoms with Crippen LogP contribution in [0.25, 0.3) is 0 Å². The van der Waals surface area contributed by atoms with Gasteiger partial charge in [0.15, 0.2) is 0 Å². The van der Waals surface area contributed by atoms with Crippen LogP contribution in [-0.4, -0.2) is 29.3 Å². The summed E-state index contributed by atoms with van der Waals surface area (Å²) in [4.78, 5) is 14.2. The number of likely N-dealkylation sites (tertiary alicyclic amines) is 1. The van der Waals surface area contributed by atoms with Crippen LogP contribution >= 0.6 is 11.6 Å². The molecule has 1 aliphatic carbocycles. The maximum absolute atomic E-state index is 12.2. The predicted molar refractivity (Wildman–Crippen MR) is 66.6 cm³/mol. The molecule has 0 aromatic heterocycles. The van der Waals surface area contributed by atoms with Crippen LogP contribution in [0, 0.1) is 11.8 Å². The number of halogens is 1. The van der Waals surface area contributed by atoms with Gasteiger partial charge in [0.05, 0.1) is 0 Å². The van der Waals surface area contributed by atoms with Gasteiger partial charge in [-0.05, 0) is 31.1 Å². The van der Waals surface area contributed by atoms with E-state index < -0.39 is 0 Å². The fourth-order valence-electron chi connectivity index (χ4n) is 3.13. The molecule has 0 aromatic rings. The van der Waals surface area contributed by atoms with E-state index in [4.69, 9.17) is 11.6 Å². The van der Waals surface area contributed by atoms with Crippen molar-refractivity contribution in [2.75, 3.05) is 12.4 Å². The van der Waals surface area contributed by atoms with Gasteiger partial charge < -0.3 is 4.90 Å². The van der Waals surface area contributed by atoms with Crippen LogP contribution < -0.4 is 0 Å². The highest BCUT2D eigenvalue weighted by Gasteiger charge is 2.34. The maximum atomic E-state index is 12.2. The molecule has 0 aromatic carbocycles. The van der Waals surface area contributed by atoms with Crippen LogP contribution in [0.2, 0.25) is 0 Å². The van der Waals surface area contributed by atoms with E-state index in [0.717, 1.165) is 19.4 Å². The Labute approximate surface area is 103 Å². The number of rotatable bonds is 3. The van der Waals surface area contributed by atoms with Gasteiger partial charge in [0, 0.05) is 24.9 Å². The fraction of sp³-hybridized carbons (Fsp3) is 0.923. The first kappa shape index (κ1) is 12.2. The third kappa shape index (κ3) is 2.53. The topological polar surface area (TPSA) is 20.3 Å². The molecule has 0 N–H and O–H groups in total. The lowest BCUT2D eigenvalue weighted by Crippen LogP contribution is -2.39. The Morgan fingerprint density at radius 1 is 1.31 bits per heavy atom. The van der Waals surface area contributed by atoms with Gasteiger partial charge in [0.25, 0.3) is 0 Å². The molecule has 2 aliphatic rings. The SMILES string of the molecule is CC1CCN(C(=O)CC2CCCC2)C1CCl. The molecule has 2 nitrogen and oxygen atoms in total. The number of nitrogens with zero attached hydrogens (tertiary/aromatic N) is 1. The van der Waals surface area contributed by atoms with Crippen LogP contribution in [0.15, 0.2) is 0 Å². The molecule has 2 fully saturated rings. The quantitative estimate of drug-likeness (QED) is 0.698. The van der Waals surface area contributed by atoms with E-state index in [2.05, 4.69) is 6.92 Å². The van der Waals surface area contributed by atoms with Gasteiger partial charge >= 0.3 is 0 Å². The molecule has 0 spiro atoms. The summed E-state index contributed by atoms with van der Waals surface area (Å²) in [7, 11) is 0. The van der Waals surface area contributed by atoms with Crippen LogP contribution in [-0.2, 0) is 4.79 Å². The molecular formula is C13H22ClNO. The van der Waals surface area contributed by atoms with Crippen molar-refractivity contribution in [1.82, 2.24) is 4.90 Å². The second-order valence-corrected chi connectivity index (χ2v) is 5.74. The van der Waals surface area contributed by atoms with Crippen LogP contribution in [0.5, 0.6) is 0 Å². The van der Waals surface area contributed by atoms with Gasteiger partial charge in [-0.25, -0.2) is 0 Å². The molecular weight excluding hydrogens is 222 g/mol. The average molecular weight is 244 g/mol. The molecule has 1 saturated heterocycles. The summed E-state index contributed by atoms with van der Waals surface area (Å²) in [5.74, 6) is 2.17. The van der Waals surface area contributed by atoms with Crippen molar-refractivity contribution in [3.8, 4) is 0 Å². The first-order valence-corrected chi connectivity index (χ1v) is 7.11. The zero-order chi connectivity index (χ0) is 11.5. The monoisotopic (exact) mass is 243 g/mol. The lowest BCUT2D eigenvalue weighted by atomic mass is 10.0. The zero-order valence-electron chi connectivity index (χ0n) is 10.1.